The molecule has 6 heteroatoms. The second kappa shape index (κ2) is 8.34. The molecule has 1 aromatic carbocycles. The first-order valence-electron chi connectivity index (χ1n) is 8.74. The molecular formula is C19H29N3O3. The van der Waals surface area contributed by atoms with Crippen LogP contribution in [0.2, 0.25) is 0 Å². The molecule has 0 saturated carbocycles. The van der Waals surface area contributed by atoms with E-state index in [9.17, 15) is 9.59 Å². The number of ether oxygens (including phenoxy) is 1. The van der Waals surface area contributed by atoms with Gasteiger partial charge in [-0.05, 0) is 38.0 Å². The van der Waals surface area contributed by atoms with E-state index in [1.807, 2.05) is 32.9 Å². The highest BCUT2D eigenvalue weighted by Gasteiger charge is 2.32. The van der Waals surface area contributed by atoms with Gasteiger partial charge in [-0.25, -0.2) is 0 Å². The van der Waals surface area contributed by atoms with Crippen LogP contribution in [-0.4, -0.2) is 60.9 Å². The topological polar surface area (TPSA) is 61.9 Å². The molecule has 0 unspecified atom stereocenters. The molecule has 1 fully saturated rings. The normalized spacial score (nSPS) is 18.2. The van der Waals surface area contributed by atoms with Gasteiger partial charge in [-0.1, -0.05) is 12.1 Å². The van der Waals surface area contributed by atoms with Crippen molar-refractivity contribution in [2.45, 2.75) is 45.8 Å². The van der Waals surface area contributed by atoms with Crippen LogP contribution in [0.3, 0.4) is 0 Å². The predicted octanol–water partition coefficient (Wildman–Crippen LogP) is 1.56. The van der Waals surface area contributed by atoms with E-state index in [4.69, 9.17) is 4.74 Å². The summed E-state index contributed by atoms with van der Waals surface area (Å²) in [6.07, 6.45) is 0.204. The highest BCUT2D eigenvalue weighted by molar-refractivity contribution is 5.88. The van der Waals surface area contributed by atoms with E-state index in [0.717, 1.165) is 23.4 Å². The van der Waals surface area contributed by atoms with Gasteiger partial charge < -0.3 is 15.0 Å². The van der Waals surface area contributed by atoms with Crippen molar-refractivity contribution < 1.29 is 14.3 Å². The molecule has 1 saturated heterocycles. The van der Waals surface area contributed by atoms with Gasteiger partial charge in [0.2, 0.25) is 11.8 Å². The first-order valence-corrected chi connectivity index (χ1v) is 8.74. The minimum atomic E-state index is -0.426. The molecule has 0 spiro atoms. The maximum absolute atomic E-state index is 12.4. The maximum atomic E-state index is 12.4. The lowest BCUT2D eigenvalue weighted by atomic mass is 10.0. The number of hydrogen-bond donors (Lipinski definition) is 1. The number of carbonyl (C=O) groups is 2. The van der Waals surface area contributed by atoms with Gasteiger partial charge in [-0.15, -0.1) is 0 Å². The molecule has 6 nitrogen and oxygen atoms in total. The van der Waals surface area contributed by atoms with Crippen LogP contribution < -0.4 is 10.1 Å². The Balaban J connectivity index is 2.12. The van der Waals surface area contributed by atoms with E-state index < -0.39 is 6.04 Å². The van der Waals surface area contributed by atoms with E-state index in [1.165, 1.54) is 0 Å². The van der Waals surface area contributed by atoms with E-state index in [2.05, 4.69) is 16.3 Å². The molecule has 2 amide bonds. The predicted molar refractivity (Wildman–Crippen MR) is 97.5 cm³/mol. The van der Waals surface area contributed by atoms with Crippen molar-refractivity contribution in [3.05, 3.63) is 29.3 Å². The molecule has 0 radical (unpaired) electrons. The Bertz CT molecular complexity index is 630. The summed E-state index contributed by atoms with van der Waals surface area (Å²) in [7, 11) is 3.44. The Morgan fingerprint density at radius 2 is 2.16 bits per heavy atom. The summed E-state index contributed by atoms with van der Waals surface area (Å²) in [6.45, 7) is 7.93. The standard InChI is InChI=1S/C19H29N3O3/c1-13(2)21(4)18(23)11-16-19(24)20-8-9-22(16)12-15-6-7-17(25-5)14(3)10-15/h6-7,10,13,16H,8-9,11-12H2,1-5H3,(H,20,24)/t16-/m1/s1. The molecule has 1 aliphatic rings. The minimum Gasteiger partial charge on any atom is -0.496 e. The lowest BCUT2D eigenvalue weighted by Gasteiger charge is -2.36. The fraction of sp³-hybridized carbons (Fsp3) is 0.579. The smallest absolute Gasteiger partial charge is 0.237 e. The van der Waals surface area contributed by atoms with Crippen LogP contribution in [0.5, 0.6) is 5.75 Å². The second-order valence-corrected chi connectivity index (χ2v) is 6.88. The molecule has 1 heterocycles. The number of rotatable bonds is 6. The van der Waals surface area contributed by atoms with E-state index >= 15 is 0 Å². The first kappa shape index (κ1) is 19.2. The number of aryl methyl sites for hydroxylation is 1. The number of carbonyl (C=O) groups excluding carboxylic acids is 2. The van der Waals surface area contributed by atoms with E-state index in [1.54, 1.807) is 19.1 Å². The summed E-state index contributed by atoms with van der Waals surface area (Å²) in [4.78, 5) is 28.6. The van der Waals surface area contributed by atoms with Crippen LogP contribution in [0.4, 0.5) is 0 Å². The minimum absolute atomic E-state index is 0.00652. The molecule has 0 aromatic heterocycles. The Kier molecular flexibility index (Phi) is 6.42. The van der Waals surface area contributed by atoms with Crippen LogP contribution in [-0.2, 0) is 16.1 Å². The Hall–Kier alpha value is -2.08. The number of benzene rings is 1. The van der Waals surface area contributed by atoms with Crippen molar-refractivity contribution in [2.24, 2.45) is 0 Å². The number of nitrogens with one attached hydrogen (secondary N) is 1. The average Bonchev–Trinajstić information content (AvgIpc) is 2.57. The van der Waals surface area contributed by atoms with Crippen LogP contribution >= 0.6 is 0 Å². The van der Waals surface area contributed by atoms with Crippen molar-refractivity contribution in [1.29, 1.82) is 0 Å². The molecular weight excluding hydrogens is 318 g/mol. The summed E-state index contributed by atoms with van der Waals surface area (Å²) < 4.78 is 5.30. The third-order valence-corrected chi connectivity index (χ3v) is 4.82. The Morgan fingerprint density at radius 1 is 1.44 bits per heavy atom. The third-order valence-electron chi connectivity index (χ3n) is 4.82. The number of piperazine rings is 1. The van der Waals surface area contributed by atoms with Crippen LogP contribution in [0.25, 0.3) is 0 Å². The molecule has 1 aromatic rings. The summed E-state index contributed by atoms with van der Waals surface area (Å²) in [5, 5.41) is 2.88. The second-order valence-electron chi connectivity index (χ2n) is 6.88. The zero-order valence-corrected chi connectivity index (χ0v) is 15.8. The van der Waals surface area contributed by atoms with Crippen molar-refractivity contribution >= 4 is 11.8 Å². The molecule has 138 valence electrons. The van der Waals surface area contributed by atoms with Crippen molar-refractivity contribution in [3.63, 3.8) is 0 Å². The summed E-state index contributed by atoms with van der Waals surface area (Å²) in [6, 6.07) is 5.73. The summed E-state index contributed by atoms with van der Waals surface area (Å²) >= 11 is 0. The number of nitrogens with zero attached hydrogens (tertiary/aromatic N) is 2. The van der Waals surface area contributed by atoms with Gasteiger partial charge in [0.05, 0.1) is 19.6 Å². The van der Waals surface area contributed by atoms with Crippen molar-refractivity contribution in [3.8, 4) is 5.75 Å². The number of methoxy groups -OCH3 is 1. The molecule has 1 N–H and O–H groups in total. The van der Waals surface area contributed by atoms with Gasteiger partial charge in [-0.3, -0.25) is 14.5 Å². The zero-order valence-electron chi connectivity index (χ0n) is 15.8. The van der Waals surface area contributed by atoms with E-state index in [-0.39, 0.29) is 24.3 Å². The van der Waals surface area contributed by atoms with Gasteiger partial charge in [0.25, 0.3) is 0 Å². The molecule has 0 bridgehead atoms. The van der Waals surface area contributed by atoms with Crippen molar-refractivity contribution in [1.82, 2.24) is 15.1 Å². The van der Waals surface area contributed by atoms with Gasteiger partial charge in [0.15, 0.2) is 0 Å². The molecule has 2 rings (SSSR count). The zero-order chi connectivity index (χ0) is 18.6. The fourth-order valence-corrected chi connectivity index (χ4v) is 3.04. The lowest BCUT2D eigenvalue weighted by molar-refractivity contribution is -0.139. The molecule has 25 heavy (non-hydrogen) atoms. The van der Waals surface area contributed by atoms with Gasteiger partial charge >= 0.3 is 0 Å². The SMILES string of the molecule is COc1ccc(CN2CCNC(=O)[C@H]2CC(=O)N(C)C(C)C)cc1C. The van der Waals surface area contributed by atoms with Crippen LogP contribution in [0, 0.1) is 6.92 Å². The third kappa shape index (κ3) is 4.72. The van der Waals surface area contributed by atoms with Crippen molar-refractivity contribution in [2.75, 3.05) is 27.2 Å². The largest absolute Gasteiger partial charge is 0.496 e. The fourth-order valence-electron chi connectivity index (χ4n) is 3.04. The number of amides is 2. The molecule has 0 aliphatic carbocycles. The first-order chi connectivity index (χ1) is 11.8. The summed E-state index contributed by atoms with van der Waals surface area (Å²) in [5.41, 5.74) is 2.18. The highest BCUT2D eigenvalue weighted by atomic mass is 16.5. The van der Waals surface area contributed by atoms with Crippen LogP contribution in [0.1, 0.15) is 31.4 Å². The highest BCUT2D eigenvalue weighted by Crippen LogP contribution is 2.21. The quantitative estimate of drug-likeness (QED) is 0.848. The lowest BCUT2D eigenvalue weighted by Crippen LogP contribution is -2.56. The van der Waals surface area contributed by atoms with Gasteiger partial charge in [0, 0.05) is 32.7 Å². The molecule has 1 atom stereocenters. The van der Waals surface area contributed by atoms with Crippen LogP contribution in [0.15, 0.2) is 18.2 Å². The molecule has 1 aliphatic heterocycles. The summed E-state index contributed by atoms with van der Waals surface area (Å²) in [5.74, 6) is 0.778. The maximum Gasteiger partial charge on any atom is 0.237 e. The Labute approximate surface area is 150 Å². The van der Waals surface area contributed by atoms with Gasteiger partial charge in [0.1, 0.15) is 5.75 Å². The number of hydrogen-bond acceptors (Lipinski definition) is 4. The average molecular weight is 347 g/mol. The monoisotopic (exact) mass is 347 g/mol. The Morgan fingerprint density at radius 3 is 2.76 bits per heavy atom. The van der Waals surface area contributed by atoms with Gasteiger partial charge in [-0.2, -0.15) is 0 Å². The van der Waals surface area contributed by atoms with E-state index in [0.29, 0.717) is 13.1 Å².